The Balaban J connectivity index is 1.91. The second-order valence-electron chi connectivity index (χ2n) is 7.28. The van der Waals surface area contributed by atoms with Crippen LogP contribution in [-0.2, 0) is 14.4 Å². The molecule has 1 aliphatic heterocycles. The predicted octanol–water partition coefficient (Wildman–Crippen LogP) is -0.114. The lowest BCUT2D eigenvalue weighted by Crippen LogP contribution is -2.59. The number of rotatable bonds is 4. The number of hydrogen-bond acceptors (Lipinski definition) is 6. The van der Waals surface area contributed by atoms with Gasteiger partial charge in [0.2, 0.25) is 12.0 Å². The molecule has 2 rings (SSSR count). The molecule has 1 aromatic rings. The lowest BCUT2D eigenvalue weighted by Gasteiger charge is -2.27. The van der Waals surface area contributed by atoms with Crippen LogP contribution in [0.5, 0.6) is 11.5 Å². The SMILES string of the molecule is CC(O)C(NC(=O)C(C)(C)C)C(=O)NNC(=O)C1COc2ccccc2O1. The van der Waals surface area contributed by atoms with E-state index in [1.165, 1.54) is 6.92 Å². The van der Waals surface area contributed by atoms with Crippen molar-refractivity contribution in [2.75, 3.05) is 6.61 Å². The van der Waals surface area contributed by atoms with Gasteiger partial charge in [0.05, 0.1) is 6.10 Å². The fraction of sp³-hybridized carbons (Fsp3) is 0.500. The Hall–Kier alpha value is -2.81. The number of aliphatic hydroxyl groups is 1. The summed E-state index contributed by atoms with van der Waals surface area (Å²) in [6, 6.07) is 5.69. The molecule has 0 spiro atoms. The van der Waals surface area contributed by atoms with Crippen LogP contribution in [-0.4, -0.2) is 47.7 Å². The molecule has 0 radical (unpaired) electrons. The van der Waals surface area contributed by atoms with Crippen molar-refractivity contribution in [3.8, 4) is 11.5 Å². The molecule has 3 unspecified atom stereocenters. The third-order valence-corrected chi connectivity index (χ3v) is 3.84. The zero-order chi connectivity index (χ0) is 20.2. The summed E-state index contributed by atoms with van der Waals surface area (Å²) in [5.41, 5.74) is 3.68. The highest BCUT2D eigenvalue weighted by Crippen LogP contribution is 2.30. The van der Waals surface area contributed by atoms with Gasteiger partial charge in [-0.3, -0.25) is 25.2 Å². The maximum atomic E-state index is 12.3. The first-order chi connectivity index (χ1) is 12.6. The highest BCUT2D eigenvalue weighted by atomic mass is 16.6. The predicted molar refractivity (Wildman–Crippen MR) is 95.7 cm³/mol. The summed E-state index contributed by atoms with van der Waals surface area (Å²) in [4.78, 5) is 36.5. The second-order valence-corrected chi connectivity index (χ2v) is 7.28. The van der Waals surface area contributed by atoms with Gasteiger partial charge in [-0.05, 0) is 19.1 Å². The third-order valence-electron chi connectivity index (χ3n) is 3.84. The molecule has 3 atom stereocenters. The first kappa shape index (κ1) is 20.5. The van der Waals surface area contributed by atoms with Gasteiger partial charge in [0.25, 0.3) is 11.8 Å². The van der Waals surface area contributed by atoms with Crippen LogP contribution in [0.15, 0.2) is 24.3 Å². The summed E-state index contributed by atoms with van der Waals surface area (Å²) in [6.07, 6.45) is -2.11. The standard InChI is InChI=1S/C18H25N3O6/c1-10(22)14(19-17(25)18(2,3)4)16(24)21-20-15(23)13-9-26-11-7-5-6-8-12(11)27-13/h5-8,10,13-14,22H,9H2,1-4H3,(H,19,25)(H,20,23)(H,21,24). The number of ether oxygens (including phenoxy) is 2. The fourth-order valence-corrected chi connectivity index (χ4v) is 2.19. The molecule has 4 N–H and O–H groups in total. The minimum Gasteiger partial charge on any atom is -0.485 e. The minimum absolute atomic E-state index is 0.0146. The molecule has 0 aliphatic carbocycles. The Morgan fingerprint density at radius 2 is 1.78 bits per heavy atom. The normalized spacial score (nSPS) is 18.0. The van der Waals surface area contributed by atoms with Gasteiger partial charge in [-0.2, -0.15) is 0 Å². The molecular weight excluding hydrogens is 354 g/mol. The van der Waals surface area contributed by atoms with Crippen molar-refractivity contribution >= 4 is 17.7 Å². The van der Waals surface area contributed by atoms with E-state index in [4.69, 9.17) is 9.47 Å². The first-order valence-corrected chi connectivity index (χ1v) is 8.57. The number of para-hydroxylation sites is 2. The minimum atomic E-state index is -1.22. The van der Waals surface area contributed by atoms with Crippen LogP contribution in [0.25, 0.3) is 0 Å². The van der Waals surface area contributed by atoms with Crippen molar-refractivity contribution in [2.24, 2.45) is 5.41 Å². The summed E-state index contributed by atoms with van der Waals surface area (Å²) < 4.78 is 11.0. The topological polar surface area (TPSA) is 126 Å². The Kier molecular flexibility index (Phi) is 6.27. The van der Waals surface area contributed by atoms with E-state index in [2.05, 4.69) is 16.2 Å². The number of amides is 3. The van der Waals surface area contributed by atoms with Gasteiger partial charge in [-0.25, -0.2) is 0 Å². The third kappa shape index (κ3) is 5.33. The summed E-state index contributed by atoms with van der Waals surface area (Å²) in [5.74, 6) is -0.827. The Morgan fingerprint density at radius 1 is 1.15 bits per heavy atom. The molecule has 0 fully saturated rings. The van der Waals surface area contributed by atoms with Crippen molar-refractivity contribution in [3.05, 3.63) is 24.3 Å². The van der Waals surface area contributed by atoms with Crippen LogP contribution in [0, 0.1) is 5.41 Å². The highest BCUT2D eigenvalue weighted by Gasteiger charge is 2.32. The van der Waals surface area contributed by atoms with Gasteiger partial charge in [0, 0.05) is 5.41 Å². The molecule has 148 valence electrons. The number of carbonyl (C=O) groups is 3. The van der Waals surface area contributed by atoms with Gasteiger partial charge in [0.15, 0.2) is 11.5 Å². The van der Waals surface area contributed by atoms with E-state index in [1.807, 2.05) is 0 Å². The smallest absolute Gasteiger partial charge is 0.283 e. The van der Waals surface area contributed by atoms with Crippen molar-refractivity contribution in [2.45, 2.75) is 45.9 Å². The second kappa shape index (κ2) is 8.26. The van der Waals surface area contributed by atoms with Gasteiger partial charge in [0.1, 0.15) is 12.6 Å². The van der Waals surface area contributed by atoms with Crippen LogP contribution in [0.3, 0.4) is 0 Å². The van der Waals surface area contributed by atoms with Gasteiger partial charge in [-0.15, -0.1) is 0 Å². The zero-order valence-corrected chi connectivity index (χ0v) is 15.7. The number of nitrogens with one attached hydrogen (secondary N) is 3. The quantitative estimate of drug-likeness (QED) is 0.541. The number of hydrazine groups is 1. The molecule has 0 saturated carbocycles. The van der Waals surface area contributed by atoms with E-state index >= 15 is 0 Å². The largest absolute Gasteiger partial charge is 0.485 e. The van der Waals surface area contributed by atoms with E-state index in [0.29, 0.717) is 11.5 Å². The number of carbonyl (C=O) groups excluding carboxylic acids is 3. The first-order valence-electron chi connectivity index (χ1n) is 8.57. The monoisotopic (exact) mass is 379 g/mol. The van der Waals surface area contributed by atoms with Crippen LogP contribution in [0.1, 0.15) is 27.7 Å². The van der Waals surface area contributed by atoms with E-state index < -0.39 is 41.4 Å². The zero-order valence-electron chi connectivity index (χ0n) is 15.7. The molecule has 27 heavy (non-hydrogen) atoms. The van der Waals surface area contributed by atoms with Crippen molar-refractivity contribution in [1.82, 2.24) is 16.2 Å². The molecule has 1 heterocycles. The Labute approximate surface area is 157 Å². The summed E-state index contributed by atoms with van der Waals surface area (Å²) in [7, 11) is 0. The van der Waals surface area contributed by atoms with Crippen molar-refractivity contribution in [1.29, 1.82) is 0 Å². The van der Waals surface area contributed by atoms with E-state index in [0.717, 1.165) is 0 Å². The summed E-state index contributed by atoms with van der Waals surface area (Å²) in [5, 5.41) is 12.3. The van der Waals surface area contributed by atoms with Crippen LogP contribution >= 0.6 is 0 Å². The Bertz CT molecular complexity index is 713. The summed E-state index contributed by atoms with van der Waals surface area (Å²) in [6.45, 7) is 6.39. The van der Waals surface area contributed by atoms with Crippen molar-refractivity contribution < 1.29 is 29.0 Å². The maximum absolute atomic E-state index is 12.3. The van der Waals surface area contributed by atoms with Crippen LogP contribution < -0.4 is 25.6 Å². The molecule has 9 heteroatoms. The highest BCUT2D eigenvalue weighted by molar-refractivity contribution is 5.91. The van der Waals surface area contributed by atoms with Crippen LogP contribution in [0.2, 0.25) is 0 Å². The molecule has 9 nitrogen and oxygen atoms in total. The van der Waals surface area contributed by atoms with Crippen molar-refractivity contribution in [3.63, 3.8) is 0 Å². The summed E-state index contributed by atoms with van der Waals surface area (Å²) >= 11 is 0. The molecule has 0 saturated heterocycles. The number of fused-ring (bicyclic) bond motifs is 1. The van der Waals surface area contributed by atoms with Gasteiger partial charge in [-0.1, -0.05) is 32.9 Å². The molecule has 0 aromatic heterocycles. The average molecular weight is 379 g/mol. The fourth-order valence-electron chi connectivity index (χ4n) is 2.19. The van der Waals surface area contributed by atoms with Gasteiger partial charge < -0.3 is 19.9 Å². The number of hydrogen-bond donors (Lipinski definition) is 4. The average Bonchev–Trinajstić information content (AvgIpc) is 2.62. The number of benzene rings is 1. The molecule has 0 bridgehead atoms. The molecule has 3 amide bonds. The lowest BCUT2D eigenvalue weighted by atomic mass is 9.95. The van der Waals surface area contributed by atoms with E-state index in [1.54, 1.807) is 45.0 Å². The van der Waals surface area contributed by atoms with Gasteiger partial charge >= 0.3 is 0 Å². The molecular formula is C18H25N3O6. The molecule has 1 aromatic carbocycles. The van der Waals surface area contributed by atoms with E-state index in [9.17, 15) is 19.5 Å². The van der Waals surface area contributed by atoms with E-state index in [-0.39, 0.29) is 6.61 Å². The Morgan fingerprint density at radius 3 is 2.37 bits per heavy atom. The number of aliphatic hydroxyl groups excluding tert-OH is 1. The molecule has 1 aliphatic rings. The lowest BCUT2D eigenvalue weighted by molar-refractivity contribution is -0.139. The van der Waals surface area contributed by atoms with Crippen LogP contribution in [0.4, 0.5) is 0 Å². The maximum Gasteiger partial charge on any atom is 0.283 e.